The Bertz CT molecular complexity index is 342. The summed E-state index contributed by atoms with van der Waals surface area (Å²) in [5.41, 5.74) is 0. The second-order valence-corrected chi connectivity index (χ2v) is 4.51. The Kier molecular flexibility index (Phi) is 3.29. The minimum Gasteiger partial charge on any atom is -0.468 e. The van der Waals surface area contributed by atoms with Crippen LogP contribution in [0.5, 0.6) is 0 Å². The number of nitrogens with one attached hydrogen (secondary N) is 1. The third kappa shape index (κ3) is 2.64. The van der Waals surface area contributed by atoms with Crippen LogP contribution in [-0.4, -0.2) is 31.4 Å². The van der Waals surface area contributed by atoms with E-state index in [4.69, 9.17) is 4.42 Å². The van der Waals surface area contributed by atoms with Gasteiger partial charge in [0, 0.05) is 12.5 Å². The average Bonchev–Trinajstić information content (AvgIpc) is 2.96. The van der Waals surface area contributed by atoms with Crippen molar-refractivity contribution in [2.45, 2.75) is 18.9 Å². The van der Waals surface area contributed by atoms with E-state index in [1.807, 2.05) is 31.1 Å². The molecule has 1 unspecified atom stereocenters. The maximum Gasteiger partial charge on any atom is 0.223 e. The van der Waals surface area contributed by atoms with Gasteiger partial charge in [-0.2, -0.15) is 0 Å². The Morgan fingerprint density at radius 2 is 2.38 bits per heavy atom. The van der Waals surface area contributed by atoms with Crippen LogP contribution in [0.25, 0.3) is 0 Å². The predicted molar refractivity (Wildman–Crippen MR) is 60.9 cm³/mol. The van der Waals surface area contributed by atoms with Gasteiger partial charge in [-0.25, -0.2) is 0 Å². The van der Waals surface area contributed by atoms with E-state index in [0.717, 1.165) is 18.6 Å². The number of hydrogen-bond acceptors (Lipinski definition) is 3. The molecule has 1 N–H and O–H groups in total. The molecule has 88 valence electrons. The molecule has 4 heteroatoms. The summed E-state index contributed by atoms with van der Waals surface area (Å²) in [4.78, 5) is 13.6. The first kappa shape index (κ1) is 11.2. The van der Waals surface area contributed by atoms with Gasteiger partial charge in [-0.3, -0.25) is 9.69 Å². The van der Waals surface area contributed by atoms with Crippen molar-refractivity contribution in [2.24, 2.45) is 5.92 Å². The smallest absolute Gasteiger partial charge is 0.223 e. The summed E-state index contributed by atoms with van der Waals surface area (Å²) in [5, 5.41) is 2.97. The first-order chi connectivity index (χ1) is 7.68. The highest BCUT2D eigenvalue weighted by atomic mass is 16.3. The molecule has 1 atom stereocenters. The molecule has 0 radical (unpaired) electrons. The fraction of sp³-hybridized carbons (Fsp3) is 0.583. The SMILES string of the molecule is CN(C)C(CNC(=O)C1CC1)c1ccco1. The maximum atomic E-state index is 11.5. The molecule has 1 fully saturated rings. The Hall–Kier alpha value is -1.29. The van der Waals surface area contributed by atoms with E-state index >= 15 is 0 Å². The van der Waals surface area contributed by atoms with E-state index in [0.29, 0.717) is 6.54 Å². The minimum absolute atomic E-state index is 0.109. The molecule has 1 aromatic rings. The van der Waals surface area contributed by atoms with Gasteiger partial charge in [0.25, 0.3) is 0 Å². The molecule has 0 saturated heterocycles. The molecule has 0 spiro atoms. The second kappa shape index (κ2) is 4.70. The van der Waals surface area contributed by atoms with Gasteiger partial charge in [0.2, 0.25) is 5.91 Å². The topological polar surface area (TPSA) is 45.5 Å². The lowest BCUT2D eigenvalue weighted by Gasteiger charge is -2.22. The summed E-state index contributed by atoms with van der Waals surface area (Å²) in [6.45, 7) is 0.607. The summed E-state index contributed by atoms with van der Waals surface area (Å²) in [5.74, 6) is 1.33. The van der Waals surface area contributed by atoms with Crippen LogP contribution in [0.4, 0.5) is 0 Å². The quantitative estimate of drug-likeness (QED) is 0.819. The molecule has 1 aliphatic rings. The average molecular weight is 222 g/mol. The molecule has 16 heavy (non-hydrogen) atoms. The van der Waals surface area contributed by atoms with Crippen molar-refractivity contribution in [3.63, 3.8) is 0 Å². The molecule has 1 heterocycles. The second-order valence-electron chi connectivity index (χ2n) is 4.51. The van der Waals surface area contributed by atoms with Gasteiger partial charge in [-0.15, -0.1) is 0 Å². The van der Waals surface area contributed by atoms with Crippen LogP contribution in [0, 0.1) is 5.92 Å². The van der Waals surface area contributed by atoms with Crippen molar-refractivity contribution in [3.05, 3.63) is 24.2 Å². The van der Waals surface area contributed by atoms with Crippen LogP contribution >= 0.6 is 0 Å². The zero-order valence-corrected chi connectivity index (χ0v) is 9.77. The van der Waals surface area contributed by atoms with Crippen LogP contribution in [0.3, 0.4) is 0 Å². The van der Waals surface area contributed by atoms with Crippen LogP contribution in [0.15, 0.2) is 22.8 Å². The van der Waals surface area contributed by atoms with Crippen molar-refractivity contribution < 1.29 is 9.21 Å². The molecule has 4 nitrogen and oxygen atoms in total. The van der Waals surface area contributed by atoms with E-state index in [1.54, 1.807) is 6.26 Å². The van der Waals surface area contributed by atoms with Crippen molar-refractivity contribution >= 4 is 5.91 Å². The highest BCUT2D eigenvalue weighted by molar-refractivity contribution is 5.80. The fourth-order valence-corrected chi connectivity index (χ4v) is 1.71. The zero-order chi connectivity index (χ0) is 11.5. The molecule has 1 aliphatic carbocycles. The van der Waals surface area contributed by atoms with Gasteiger partial charge in [0.1, 0.15) is 5.76 Å². The van der Waals surface area contributed by atoms with E-state index in [2.05, 4.69) is 5.32 Å². The molecule has 0 bridgehead atoms. The van der Waals surface area contributed by atoms with Crippen molar-refractivity contribution in [3.8, 4) is 0 Å². The van der Waals surface area contributed by atoms with Gasteiger partial charge >= 0.3 is 0 Å². The lowest BCUT2D eigenvalue weighted by molar-refractivity contribution is -0.122. The minimum atomic E-state index is 0.109. The van der Waals surface area contributed by atoms with Gasteiger partial charge < -0.3 is 9.73 Å². The van der Waals surface area contributed by atoms with Crippen LogP contribution in [0.2, 0.25) is 0 Å². The summed E-state index contributed by atoms with van der Waals surface area (Å²) in [6, 6.07) is 3.92. The molecule has 1 aromatic heterocycles. The van der Waals surface area contributed by atoms with Gasteiger partial charge in [-0.1, -0.05) is 0 Å². The summed E-state index contributed by atoms with van der Waals surface area (Å²) in [6.07, 6.45) is 3.74. The highest BCUT2D eigenvalue weighted by Gasteiger charge is 2.30. The zero-order valence-electron chi connectivity index (χ0n) is 9.77. The molecular weight excluding hydrogens is 204 g/mol. The number of furan rings is 1. The number of amides is 1. The van der Waals surface area contributed by atoms with E-state index in [1.165, 1.54) is 0 Å². The molecular formula is C12H18N2O2. The third-order valence-electron chi connectivity index (χ3n) is 2.91. The normalized spacial score (nSPS) is 17.4. The Morgan fingerprint density at radius 3 is 2.88 bits per heavy atom. The van der Waals surface area contributed by atoms with Crippen molar-refractivity contribution in [1.29, 1.82) is 0 Å². The van der Waals surface area contributed by atoms with Crippen LogP contribution in [-0.2, 0) is 4.79 Å². The Balaban J connectivity index is 1.90. The van der Waals surface area contributed by atoms with Gasteiger partial charge in [-0.05, 0) is 39.1 Å². The Morgan fingerprint density at radius 1 is 1.62 bits per heavy atom. The largest absolute Gasteiger partial charge is 0.468 e. The molecule has 0 aromatic carbocycles. The van der Waals surface area contributed by atoms with E-state index < -0.39 is 0 Å². The number of rotatable bonds is 5. The number of carbonyl (C=O) groups is 1. The Labute approximate surface area is 95.6 Å². The third-order valence-corrected chi connectivity index (χ3v) is 2.91. The van der Waals surface area contributed by atoms with E-state index in [-0.39, 0.29) is 17.9 Å². The van der Waals surface area contributed by atoms with Gasteiger partial charge in [0.05, 0.1) is 12.3 Å². The van der Waals surface area contributed by atoms with E-state index in [9.17, 15) is 4.79 Å². The predicted octanol–water partition coefficient (Wildman–Crippen LogP) is 1.41. The standard InChI is InChI=1S/C12H18N2O2/c1-14(2)10(11-4-3-7-16-11)8-13-12(15)9-5-6-9/h3-4,7,9-10H,5-6,8H2,1-2H3,(H,13,15). The first-order valence-corrected chi connectivity index (χ1v) is 5.66. The van der Waals surface area contributed by atoms with Crippen LogP contribution < -0.4 is 5.32 Å². The number of carbonyl (C=O) groups excluding carboxylic acids is 1. The first-order valence-electron chi connectivity index (χ1n) is 5.66. The summed E-state index contributed by atoms with van der Waals surface area (Å²) >= 11 is 0. The van der Waals surface area contributed by atoms with Gasteiger partial charge in [0.15, 0.2) is 0 Å². The fourth-order valence-electron chi connectivity index (χ4n) is 1.71. The van der Waals surface area contributed by atoms with Crippen LogP contribution in [0.1, 0.15) is 24.6 Å². The highest BCUT2D eigenvalue weighted by Crippen LogP contribution is 2.29. The summed E-state index contributed by atoms with van der Waals surface area (Å²) < 4.78 is 5.37. The lowest BCUT2D eigenvalue weighted by atomic mass is 10.2. The number of likely N-dealkylation sites (N-methyl/N-ethyl adjacent to an activating group) is 1. The lowest BCUT2D eigenvalue weighted by Crippen LogP contribution is -2.35. The molecule has 2 rings (SSSR count). The summed E-state index contributed by atoms with van der Waals surface area (Å²) in [7, 11) is 3.97. The molecule has 1 saturated carbocycles. The maximum absolute atomic E-state index is 11.5. The monoisotopic (exact) mass is 222 g/mol. The number of nitrogens with zero attached hydrogens (tertiary/aromatic N) is 1. The van der Waals surface area contributed by atoms with Crippen molar-refractivity contribution in [1.82, 2.24) is 10.2 Å². The van der Waals surface area contributed by atoms with Crippen molar-refractivity contribution in [2.75, 3.05) is 20.6 Å². The molecule has 1 amide bonds. The molecule has 0 aliphatic heterocycles. The number of hydrogen-bond donors (Lipinski definition) is 1.